The molecule has 1 rings (SSSR count). The first-order valence-corrected chi connectivity index (χ1v) is 6.52. The highest BCUT2D eigenvalue weighted by Gasteiger charge is 2.30. The van der Waals surface area contributed by atoms with Crippen LogP contribution in [0.25, 0.3) is 0 Å². The van der Waals surface area contributed by atoms with E-state index in [0.717, 1.165) is 6.07 Å². The van der Waals surface area contributed by atoms with Crippen LogP contribution in [0.1, 0.15) is 0 Å². The summed E-state index contributed by atoms with van der Waals surface area (Å²) in [6, 6.07) is 0.141. The normalized spacial score (nSPS) is 12.9. The molecule has 0 heterocycles. The Morgan fingerprint density at radius 3 is 2.26 bits per heavy atom. The fourth-order valence-electron chi connectivity index (χ4n) is 1.16. The van der Waals surface area contributed by atoms with Gasteiger partial charge in [0, 0.05) is 6.07 Å². The molecule has 104 valence electrons. The van der Waals surface area contributed by atoms with Crippen LogP contribution in [0, 0.1) is 20.2 Å². The van der Waals surface area contributed by atoms with Crippen molar-refractivity contribution >= 4 is 30.7 Å². The minimum absolute atomic E-state index is 0.491. The summed E-state index contributed by atoms with van der Waals surface area (Å²) in [6.07, 6.45) is 0. The van der Waals surface area contributed by atoms with Crippen molar-refractivity contribution in [3.8, 4) is 0 Å². The van der Waals surface area contributed by atoms with Gasteiger partial charge in [0.05, 0.1) is 15.9 Å². The van der Waals surface area contributed by atoms with E-state index >= 15 is 0 Å². The van der Waals surface area contributed by atoms with E-state index in [1.54, 1.807) is 9.24 Å². The molecule has 0 radical (unpaired) electrons. The third kappa shape index (κ3) is 3.64. The topological polar surface area (TPSA) is 150 Å². The van der Waals surface area contributed by atoms with E-state index in [9.17, 15) is 28.6 Å². The van der Waals surface area contributed by atoms with Gasteiger partial charge in [-0.15, -0.1) is 0 Å². The predicted octanol–water partition coefficient (Wildman–Crippen LogP) is 0.359. The van der Waals surface area contributed by atoms with Crippen LogP contribution in [0.4, 0.5) is 11.4 Å². The van der Waals surface area contributed by atoms with E-state index in [2.05, 4.69) is 4.18 Å². The molecule has 0 spiro atoms. The first-order valence-electron chi connectivity index (χ1n) is 4.45. The Hall–Kier alpha value is -1.68. The first kappa shape index (κ1) is 15.4. The zero-order valence-corrected chi connectivity index (χ0v) is 11.0. The summed E-state index contributed by atoms with van der Waals surface area (Å²) in [5.41, 5.74) is -1.66. The van der Waals surface area contributed by atoms with Crippen LogP contribution in [0.5, 0.6) is 0 Å². The molecule has 1 N–H and O–H groups in total. The molecule has 1 aromatic carbocycles. The number of hydrogen-bond acceptors (Lipinski definition) is 8. The lowest BCUT2D eigenvalue weighted by molar-refractivity contribution is -0.396. The number of aliphatic hydroxyl groups excluding tert-OH is 1. The van der Waals surface area contributed by atoms with E-state index in [0.29, 0.717) is 12.1 Å². The van der Waals surface area contributed by atoms with Gasteiger partial charge in [0.15, 0.2) is 10.9 Å². The van der Waals surface area contributed by atoms with E-state index in [4.69, 9.17) is 5.11 Å². The summed E-state index contributed by atoms with van der Waals surface area (Å²) >= 11 is 0. The number of nitro benzene ring substituents is 2. The van der Waals surface area contributed by atoms with Gasteiger partial charge < -0.3 is 5.11 Å². The fourth-order valence-corrected chi connectivity index (χ4v) is 2.58. The van der Waals surface area contributed by atoms with Crippen LogP contribution in [0.3, 0.4) is 0 Å². The Labute approximate surface area is 108 Å². The van der Waals surface area contributed by atoms with Gasteiger partial charge in [0.1, 0.15) is 0 Å². The molecule has 12 heteroatoms. The minimum Gasteiger partial charge on any atom is -0.364 e. The molecule has 0 fully saturated rings. The van der Waals surface area contributed by atoms with Gasteiger partial charge in [-0.2, -0.15) is 8.42 Å². The molecule has 0 saturated carbocycles. The van der Waals surface area contributed by atoms with E-state index in [1.807, 2.05) is 0 Å². The summed E-state index contributed by atoms with van der Waals surface area (Å²) in [5.74, 6) is 0. The maximum absolute atomic E-state index is 11.6. The van der Waals surface area contributed by atoms with Crippen molar-refractivity contribution < 1.29 is 27.6 Å². The quantitative estimate of drug-likeness (QED) is 0.269. The van der Waals surface area contributed by atoms with Crippen molar-refractivity contribution in [1.82, 2.24) is 0 Å². The van der Waals surface area contributed by atoms with Gasteiger partial charge in [-0.1, -0.05) is 9.24 Å². The van der Waals surface area contributed by atoms with Crippen LogP contribution < -0.4 is 0 Å². The Balaban J connectivity index is 3.44. The van der Waals surface area contributed by atoms with Crippen molar-refractivity contribution in [2.45, 2.75) is 10.9 Å². The third-order valence-corrected chi connectivity index (χ3v) is 3.51. The maximum Gasteiger partial charge on any atom is 0.306 e. The van der Waals surface area contributed by atoms with Crippen molar-refractivity contribution in [2.75, 3.05) is 0 Å². The van der Waals surface area contributed by atoms with Crippen LogP contribution in [0.2, 0.25) is 0 Å². The molecule has 0 amide bonds. The smallest absolute Gasteiger partial charge is 0.306 e. The van der Waals surface area contributed by atoms with Crippen LogP contribution in [-0.2, 0) is 14.3 Å². The van der Waals surface area contributed by atoms with Gasteiger partial charge in [-0.25, -0.2) is 4.18 Å². The highest BCUT2D eigenvalue weighted by atomic mass is 32.2. The number of aliphatic hydroxyl groups is 1. The highest BCUT2D eigenvalue weighted by Crippen LogP contribution is 2.30. The van der Waals surface area contributed by atoms with E-state index < -0.39 is 42.3 Å². The van der Waals surface area contributed by atoms with E-state index in [1.165, 1.54) is 0 Å². The van der Waals surface area contributed by atoms with Crippen molar-refractivity contribution in [3.05, 3.63) is 38.4 Å². The lowest BCUT2D eigenvalue weighted by Crippen LogP contribution is -2.14. The molecule has 2 atom stereocenters. The highest BCUT2D eigenvalue weighted by molar-refractivity contribution is 7.87. The molecule has 0 aliphatic heterocycles. The summed E-state index contributed by atoms with van der Waals surface area (Å²) in [4.78, 5) is 18.3. The third-order valence-electron chi connectivity index (χ3n) is 1.84. The van der Waals surface area contributed by atoms with Crippen molar-refractivity contribution in [2.24, 2.45) is 0 Å². The largest absolute Gasteiger partial charge is 0.364 e. The number of benzene rings is 1. The standard InChI is InChI=1S/C7H7N2O8PS/c10-7(18)17-19(15,16)6-2-1-4(8(11)12)3-5(6)9(13)14/h1-3,7,10H,18H2. The van der Waals surface area contributed by atoms with Gasteiger partial charge in [0.25, 0.3) is 11.4 Å². The van der Waals surface area contributed by atoms with Gasteiger partial charge in [-0.3, -0.25) is 20.2 Å². The Bertz CT molecular complexity index is 628. The lowest BCUT2D eigenvalue weighted by Gasteiger charge is -2.07. The average molecular weight is 310 g/mol. The molecule has 0 aliphatic rings. The van der Waals surface area contributed by atoms with E-state index in [-0.39, 0.29) is 0 Å². The fraction of sp³-hybridized carbons (Fsp3) is 0.143. The Morgan fingerprint density at radius 1 is 1.26 bits per heavy atom. The molecule has 19 heavy (non-hydrogen) atoms. The predicted molar refractivity (Wildman–Crippen MR) is 63.7 cm³/mol. The Kier molecular flexibility index (Phi) is 4.48. The molecular formula is C7H7N2O8PS. The van der Waals surface area contributed by atoms with Gasteiger partial charge in [-0.05, 0) is 6.07 Å². The second-order valence-corrected chi connectivity index (χ2v) is 5.22. The summed E-state index contributed by atoms with van der Waals surface area (Å²) in [7, 11) is -3.00. The lowest BCUT2D eigenvalue weighted by atomic mass is 10.3. The SMILES string of the molecule is O=[N+]([O-])c1ccc(S(=O)(=O)OC(O)P)c([N+](=O)[O-])c1. The first-order chi connectivity index (χ1) is 8.65. The summed E-state index contributed by atoms with van der Waals surface area (Å²) in [6.45, 7) is 0. The molecule has 0 aromatic heterocycles. The number of hydrogen-bond donors (Lipinski definition) is 1. The molecule has 0 aliphatic carbocycles. The minimum atomic E-state index is -4.61. The second kappa shape index (κ2) is 5.53. The zero-order valence-electron chi connectivity index (χ0n) is 8.99. The number of nitrogens with zero attached hydrogens (tertiary/aromatic N) is 2. The molecular weight excluding hydrogens is 303 g/mol. The maximum atomic E-state index is 11.6. The number of non-ortho nitro benzene ring substituents is 1. The summed E-state index contributed by atoms with van der Waals surface area (Å²) in [5, 5.41) is 30.0. The molecule has 0 bridgehead atoms. The zero-order chi connectivity index (χ0) is 14.8. The van der Waals surface area contributed by atoms with Crippen LogP contribution in [-0.4, -0.2) is 29.4 Å². The molecule has 10 nitrogen and oxygen atoms in total. The molecule has 1 aromatic rings. The van der Waals surface area contributed by atoms with Crippen molar-refractivity contribution in [1.29, 1.82) is 0 Å². The van der Waals surface area contributed by atoms with Gasteiger partial charge in [0.2, 0.25) is 0 Å². The molecule has 0 saturated heterocycles. The second-order valence-electron chi connectivity index (χ2n) is 3.11. The number of rotatable bonds is 5. The van der Waals surface area contributed by atoms with Gasteiger partial charge >= 0.3 is 10.1 Å². The van der Waals surface area contributed by atoms with Crippen LogP contribution in [0.15, 0.2) is 23.1 Å². The summed E-state index contributed by atoms with van der Waals surface area (Å²) < 4.78 is 27.3. The monoisotopic (exact) mass is 310 g/mol. The Morgan fingerprint density at radius 2 is 1.84 bits per heavy atom. The van der Waals surface area contributed by atoms with Crippen molar-refractivity contribution in [3.63, 3.8) is 0 Å². The molecule has 2 unspecified atom stereocenters. The van der Waals surface area contributed by atoms with Crippen LogP contribution >= 0.6 is 9.24 Å². The number of nitro groups is 2. The average Bonchev–Trinajstić information content (AvgIpc) is 2.26.